The molecule has 0 saturated carbocycles. The van der Waals surface area contributed by atoms with Crippen LogP contribution in [0, 0.1) is 0 Å². The van der Waals surface area contributed by atoms with Crippen LogP contribution in [0.1, 0.15) is 15.9 Å². The Kier molecular flexibility index (Phi) is 6.19. The lowest BCUT2D eigenvalue weighted by atomic mass is 10.2. The van der Waals surface area contributed by atoms with E-state index in [4.69, 9.17) is 14.2 Å². The lowest BCUT2D eigenvalue weighted by Gasteiger charge is -2.10. The summed E-state index contributed by atoms with van der Waals surface area (Å²) in [5.74, 6) is 1.33. The van der Waals surface area contributed by atoms with E-state index in [1.165, 1.54) is 7.11 Å². The highest BCUT2D eigenvalue weighted by Gasteiger charge is 2.08. The van der Waals surface area contributed by atoms with Crippen LogP contribution in [0.5, 0.6) is 17.2 Å². The molecule has 0 aromatic heterocycles. The van der Waals surface area contributed by atoms with Crippen LogP contribution < -0.4 is 19.5 Å². The number of benzene rings is 2. The number of aldehydes is 1. The van der Waals surface area contributed by atoms with E-state index in [1.807, 2.05) is 24.3 Å². The standard InChI is InChI=1S/C18H19NO5/c1-22-15-5-3-4-13(8-15)10-19-18(21)12-24-17-7-6-16(23-2)9-14(17)11-20/h3-9,11H,10,12H2,1-2H3,(H,19,21). The summed E-state index contributed by atoms with van der Waals surface area (Å²) in [4.78, 5) is 22.9. The Hall–Kier alpha value is -3.02. The number of rotatable bonds is 8. The van der Waals surface area contributed by atoms with Crippen LogP contribution >= 0.6 is 0 Å². The summed E-state index contributed by atoms with van der Waals surface area (Å²) in [6, 6.07) is 12.2. The van der Waals surface area contributed by atoms with Gasteiger partial charge < -0.3 is 19.5 Å². The molecule has 1 N–H and O–H groups in total. The van der Waals surface area contributed by atoms with Gasteiger partial charge in [0.2, 0.25) is 0 Å². The molecule has 0 aliphatic rings. The SMILES string of the molecule is COc1cccc(CNC(=O)COc2ccc(OC)cc2C=O)c1. The monoisotopic (exact) mass is 329 g/mol. The van der Waals surface area contributed by atoms with E-state index in [9.17, 15) is 9.59 Å². The van der Waals surface area contributed by atoms with Crippen LogP contribution in [0.2, 0.25) is 0 Å². The Balaban J connectivity index is 1.88. The number of nitrogens with one attached hydrogen (secondary N) is 1. The highest BCUT2D eigenvalue weighted by molar-refractivity contribution is 5.81. The van der Waals surface area contributed by atoms with Gasteiger partial charge in [-0.15, -0.1) is 0 Å². The van der Waals surface area contributed by atoms with Crippen molar-refractivity contribution in [2.45, 2.75) is 6.54 Å². The Morgan fingerprint density at radius 1 is 1.08 bits per heavy atom. The van der Waals surface area contributed by atoms with Gasteiger partial charge in [-0.25, -0.2) is 0 Å². The number of ether oxygens (including phenoxy) is 3. The third-order valence-electron chi connectivity index (χ3n) is 3.33. The van der Waals surface area contributed by atoms with Crippen LogP contribution in [0.25, 0.3) is 0 Å². The van der Waals surface area contributed by atoms with Crippen LogP contribution in [-0.2, 0) is 11.3 Å². The molecule has 6 nitrogen and oxygen atoms in total. The lowest BCUT2D eigenvalue weighted by Crippen LogP contribution is -2.28. The molecule has 6 heteroatoms. The van der Waals surface area contributed by atoms with Gasteiger partial charge in [-0.1, -0.05) is 12.1 Å². The second-order valence-electron chi connectivity index (χ2n) is 4.94. The Morgan fingerprint density at radius 2 is 1.83 bits per heavy atom. The summed E-state index contributed by atoms with van der Waals surface area (Å²) >= 11 is 0. The Morgan fingerprint density at radius 3 is 2.54 bits per heavy atom. The number of carbonyl (C=O) groups excluding carboxylic acids is 2. The zero-order chi connectivity index (χ0) is 17.4. The number of hydrogen-bond acceptors (Lipinski definition) is 5. The molecule has 0 aliphatic carbocycles. The lowest BCUT2D eigenvalue weighted by molar-refractivity contribution is -0.123. The summed E-state index contributed by atoms with van der Waals surface area (Å²) in [5, 5.41) is 2.75. The van der Waals surface area contributed by atoms with Gasteiger partial charge in [0, 0.05) is 6.54 Å². The zero-order valence-corrected chi connectivity index (χ0v) is 13.6. The average Bonchev–Trinajstić information content (AvgIpc) is 2.64. The molecule has 0 unspecified atom stereocenters. The van der Waals surface area contributed by atoms with Gasteiger partial charge in [0.1, 0.15) is 17.2 Å². The fourth-order valence-corrected chi connectivity index (χ4v) is 2.05. The normalized spacial score (nSPS) is 9.92. The predicted octanol–water partition coefficient (Wildman–Crippen LogP) is 2.21. The summed E-state index contributed by atoms with van der Waals surface area (Å²) in [5.41, 5.74) is 1.25. The first-order valence-electron chi connectivity index (χ1n) is 7.32. The molecule has 1 amide bonds. The van der Waals surface area contributed by atoms with Crippen molar-refractivity contribution in [2.75, 3.05) is 20.8 Å². The number of amides is 1. The van der Waals surface area contributed by atoms with E-state index >= 15 is 0 Å². The maximum Gasteiger partial charge on any atom is 0.258 e. The number of carbonyl (C=O) groups is 2. The minimum absolute atomic E-state index is 0.183. The fourth-order valence-electron chi connectivity index (χ4n) is 2.05. The van der Waals surface area contributed by atoms with Crippen molar-refractivity contribution < 1.29 is 23.8 Å². The van der Waals surface area contributed by atoms with E-state index in [2.05, 4.69) is 5.32 Å². The molecule has 0 fully saturated rings. The molecule has 2 aromatic carbocycles. The fraction of sp³-hybridized carbons (Fsp3) is 0.222. The molecule has 0 spiro atoms. The molecule has 0 radical (unpaired) electrons. The highest BCUT2D eigenvalue weighted by atomic mass is 16.5. The molecule has 0 aliphatic heterocycles. The maximum absolute atomic E-state index is 11.9. The van der Waals surface area contributed by atoms with Gasteiger partial charge in [-0.2, -0.15) is 0 Å². The quantitative estimate of drug-likeness (QED) is 0.752. The van der Waals surface area contributed by atoms with E-state index in [0.717, 1.165) is 11.3 Å². The van der Waals surface area contributed by atoms with Gasteiger partial charge in [0.15, 0.2) is 12.9 Å². The van der Waals surface area contributed by atoms with Crippen LogP contribution in [-0.4, -0.2) is 33.0 Å². The second kappa shape index (κ2) is 8.57. The molecule has 2 rings (SSSR count). The first-order valence-corrected chi connectivity index (χ1v) is 7.32. The minimum Gasteiger partial charge on any atom is -0.497 e. The predicted molar refractivity (Wildman–Crippen MR) is 88.7 cm³/mol. The first kappa shape index (κ1) is 17.3. The Bertz CT molecular complexity index is 714. The number of methoxy groups -OCH3 is 2. The van der Waals surface area contributed by atoms with Gasteiger partial charge in [0.25, 0.3) is 5.91 Å². The van der Waals surface area contributed by atoms with Crippen molar-refractivity contribution in [3.05, 3.63) is 53.6 Å². The molecule has 0 heterocycles. The summed E-state index contributed by atoms with van der Waals surface area (Å²) in [6.07, 6.45) is 0.659. The number of hydrogen-bond donors (Lipinski definition) is 1. The van der Waals surface area contributed by atoms with Crippen molar-refractivity contribution in [3.8, 4) is 17.2 Å². The highest BCUT2D eigenvalue weighted by Crippen LogP contribution is 2.22. The minimum atomic E-state index is -0.287. The average molecular weight is 329 g/mol. The third-order valence-corrected chi connectivity index (χ3v) is 3.33. The van der Waals surface area contributed by atoms with E-state index < -0.39 is 0 Å². The maximum atomic E-state index is 11.9. The van der Waals surface area contributed by atoms with Gasteiger partial charge >= 0.3 is 0 Å². The van der Waals surface area contributed by atoms with Gasteiger partial charge in [-0.3, -0.25) is 9.59 Å². The third kappa shape index (κ3) is 4.74. The van der Waals surface area contributed by atoms with Crippen LogP contribution in [0.15, 0.2) is 42.5 Å². The van der Waals surface area contributed by atoms with Crippen LogP contribution in [0.3, 0.4) is 0 Å². The largest absolute Gasteiger partial charge is 0.497 e. The van der Waals surface area contributed by atoms with Crippen molar-refractivity contribution in [1.29, 1.82) is 0 Å². The second-order valence-corrected chi connectivity index (χ2v) is 4.94. The molecule has 24 heavy (non-hydrogen) atoms. The molecule has 126 valence electrons. The summed E-state index contributed by atoms with van der Waals surface area (Å²) in [7, 11) is 3.10. The summed E-state index contributed by atoms with van der Waals surface area (Å²) in [6.45, 7) is 0.180. The molecule has 0 saturated heterocycles. The van der Waals surface area contributed by atoms with Gasteiger partial charge in [-0.05, 0) is 35.9 Å². The van der Waals surface area contributed by atoms with E-state index in [-0.39, 0.29) is 12.5 Å². The van der Waals surface area contributed by atoms with Crippen molar-refractivity contribution in [1.82, 2.24) is 5.32 Å². The molecule has 0 atom stereocenters. The van der Waals surface area contributed by atoms with Crippen molar-refractivity contribution in [2.24, 2.45) is 0 Å². The molecular weight excluding hydrogens is 310 g/mol. The first-order chi connectivity index (χ1) is 11.7. The smallest absolute Gasteiger partial charge is 0.258 e. The van der Waals surface area contributed by atoms with Crippen molar-refractivity contribution >= 4 is 12.2 Å². The van der Waals surface area contributed by atoms with E-state index in [1.54, 1.807) is 25.3 Å². The zero-order valence-electron chi connectivity index (χ0n) is 13.6. The summed E-state index contributed by atoms with van der Waals surface area (Å²) < 4.78 is 15.6. The van der Waals surface area contributed by atoms with Crippen molar-refractivity contribution in [3.63, 3.8) is 0 Å². The topological polar surface area (TPSA) is 73.9 Å². The van der Waals surface area contributed by atoms with Crippen LogP contribution in [0.4, 0.5) is 0 Å². The molecule has 2 aromatic rings. The van der Waals surface area contributed by atoms with E-state index in [0.29, 0.717) is 29.9 Å². The molecular formula is C18H19NO5. The Labute approximate surface area is 140 Å². The van der Waals surface area contributed by atoms with Gasteiger partial charge in [0.05, 0.1) is 19.8 Å². The molecule has 0 bridgehead atoms.